The molecule has 2 amide bonds. The summed E-state index contributed by atoms with van der Waals surface area (Å²) in [7, 11) is -3.30. The largest absolute Gasteiger partial charge is 0.444 e. The van der Waals surface area contributed by atoms with Gasteiger partial charge < -0.3 is 19.1 Å². The van der Waals surface area contributed by atoms with E-state index in [-0.39, 0.29) is 17.9 Å². The number of hydrogen-bond donors (Lipinski definition) is 1. The maximum absolute atomic E-state index is 13.2. The summed E-state index contributed by atoms with van der Waals surface area (Å²) in [4.78, 5) is 29.0. The summed E-state index contributed by atoms with van der Waals surface area (Å²) < 4.78 is 34.4. The van der Waals surface area contributed by atoms with Crippen LogP contribution in [0.3, 0.4) is 0 Å². The Hall–Kier alpha value is -3.37. The highest BCUT2D eigenvalue weighted by Gasteiger charge is 2.28. The molecule has 0 saturated carbocycles. The Morgan fingerprint density at radius 1 is 0.925 bits per heavy atom. The van der Waals surface area contributed by atoms with E-state index >= 15 is 0 Å². The van der Waals surface area contributed by atoms with E-state index in [4.69, 9.17) is 4.74 Å². The van der Waals surface area contributed by atoms with Gasteiger partial charge in [-0.2, -0.15) is 0 Å². The van der Waals surface area contributed by atoms with E-state index in [0.29, 0.717) is 38.3 Å². The monoisotopic (exact) mass is 568 g/mol. The predicted molar refractivity (Wildman–Crippen MR) is 157 cm³/mol. The zero-order chi connectivity index (χ0) is 29.2. The minimum absolute atomic E-state index is 0.0311. The van der Waals surface area contributed by atoms with Gasteiger partial charge in [0.2, 0.25) is 10.0 Å². The van der Waals surface area contributed by atoms with E-state index in [0.717, 1.165) is 22.2 Å². The van der Waals surface area contributed by atoms with Crippen LogP contribution in [0, 0.1) is 0 Å². The fourth-order valence-electron chi connectivity index (χ4n) is 4.59. The fraction of sp³-hybridized carbons (Fsp3) is 0.467. The van der Waals surface area contributed by atoms with Crippen LogP contribution >= 0.6 is 0 Å². The lowest BCUT2D eigenvalue weighted by Gasteiger charge is -2.35. The van der Waals surface area contributed by atoms with E-state index < -0.39 is 20.9 Å². The number of ether oxygens (including phenoxy) is 1. The third kappa shape index (κ3) is 6.85. The molecule has 0 spiro atoms. The molecule has 1 aliphatic heterocycles. The summed E-state index contributed by atoms with van der Waals surface area (Å²) >= 11 is 0. The van der Waals surface area contributed by atoms with Crippen LogP contribution < -0.4 is 4.72 Å². The summed E-state index contributed by atoms with van der Waals surface area (Å²) in [6.07, 6.45) is 1.63. The molecule has 3 aromatic rings. The van der Waals surface area contributed by atoms with Gasteiger partial charge in [0.15, 0.2) is 0 Å². The number of piperazine rings is 1. The lowest BCUT2D eigenvalue weighted by Crippen LogP contribution is -2.51. The van der Waals surface area contributed by atoms with E-state index in [1.54, 1.807) is 23.6 Å². The van der Waals surface area contributed by atoms with Crippen molar-refractivity contribution < 1.29 is 22.7 Å². The highest BCUT2D eigenvalue weighted by molar-refractivity contribution is 7.90. The second-order valence-corrected chi connectivity index (χ2v) is 14.0. The summed E-state index contributed by atoms with van der Waals surface area (Å²) in [6.45, 7) is 13.0. The normalized spacial score (nSPS) is 15.5. The van der Waals surface area contributed by atoms with Crippen LogP contribution in [0.4, 0.5) is 4.79 Å². The molecule has 9 nitrogen and oxygen atoms in total. The first-order valence-corrected chi connectivity index (χ1v) is 15.3. The fourth-order valence-corrected chi connectivity index (χ4v) is 5.41. The molecule has 1 unspecified atom stereocenters. The Morgan fingerprint density at radius 3 is 2.15 bits per heavy atom. The first-order chi connectivity index (χ1) is 18.7. The second-order valence-electron chi connectivity index (χ2n) is 11.7. The quantitative estimate of drug-likeness (QED) is 0.443. The number of fused-ring (bicyclic) bond motifs is 1. The van der Waals surface area contributed by atoms with Crippen LogP contribution in [0.15, 0.2) is 54.7 Å². The van der Waals surface area contributed by atoms with Crippen LogP contribution in [0.5, 0.6) is 0 Å². The Kier molecular flexibility index (Phi) is 8.60. The van der Waals surface area contributed by atoms with Gasteiger partial charge in [0.1, 0.15) is 5.60 Å². The standard InChI is InChI=1S/C30H40N4O5S/c1-21(2)40(37,38)31-20-22(3)23-7-10-26(11-8-23)34-14-13-24-19-25(9-12-27(24)34)28(35)32-15-17-33(18-16-32)29(36)39-30(4,5)6/h7-14,19,21-22,31H,15-18,20H2,1-6H3. The van der Waals surface area contributed by atoms with Crippen molar-refractivity contribution in [1.82, 2.24) is 19.1 Å². The molecule has 1 aliphatic rings. The lowest BCUT2D eigenvalue weighted by atomic mass is 10.0. The maximum atomic E-state index is 13.2. The second kappa shape index (κ2) is 11.6. The predicted octanol–water partition coefficient (Wildman–Crippen LogP) is 4.75. The molecule has 2 heterocycles. The first kappa shape index (κ1) is 29.6. The van der Waals surface area contributed by atoms with E-state index in [2.05, 4.69) is 9.29 Å². The minimum atomic E-state index is -3.30. The van der Waals surface area contributed by atoms with Gasteiger partial charge in [-0.3, -0.25) is 4.79 Å². The number of benzene rings is 2. The molecule has 1 saturated heterocycles. The van der Waals surface area contributed by atoms with Crippen molar-refractivity contribution in [2.45, 2.75) is 58.3 Å². The van der Waals surface area contributed by atoms with Crippen LogP contribution in [0.2, 0.25) is 0 Å². The molecule has 1 N–H and O–H groups in total. The van der Waals surface area contributed by atoms with Crippen molar-refractivity contribution in [1.29, 1.82) is 0 Å². The molecular weight excluding hydrogens is 528 g/mol. The van der Waals surface area contributed by atoms with Crippen LogP contribution in [0.1, 0.15) is 63.4 Å². The summed E-state index contributed by atoms with van der Waals surface area (Å²) in [6, 6.07) is 15.8. The molecule has 4 rings (SSSR count). The van der Waals surface area contributed by atoms with E-state index in [1.165, 1.54) is 0 Å². The Bertz CT molecular complexity index is 1460. The Morgan fingerprint density at radius 2 is 1.55 bits per heavy atom. The summed E-state index contributed by atoms with van der Waals surface area (Å²) in [5.41, 5.74) is 3.07. The number of rotatable bonds is 7. The van der Waals surface area contributed by atoms with Crippen molar-refractivity contribution in [3.63, 3.8) is 0 Å². The van der Waals surface area contributed by atoms with Crippen molar-refractivity contribution in [2.75, 3.05) is 32.7 Å². The number of carbonyl (C=O) groups excluding carboxylic acids is 2. The molecule has 0 bridgehead atoms. The number of carbonyl (C=O) groups is 2. The average molecular weight is 569 g/mol. The number of amides is 2. The van der Waals surface area contributed by atoms with Crippen LogP contribution in [-0.2, 0) is 14.8 Å². The highest BCUT2D eigenvalue weighted by atomic mass is 32.2. The van der Waals surface area contributed by atoms with Crippen molar-refractivity contribution >= 4 is 32.9 Å². The molecular formula is C30H40N4O5S. The third-order valence-electron chi connectivity index (χ3n) is 7.11. The van der Waals surface area contributed by atoms with Gasteiger partial charge in [0.25, 0.3) is 5.91 Å². The summed E-state index contributed by atoms with van der Waals surface area (Å²) in [5.74, 6) is -0.0199. The first-order valence-electron chi connectivity index (χ1n) is 13.7. The van der Waals surface area contributed by atoms with E-state index in [9.17, 15) is 18.0 Å². The van der Waals surface area contributed by atoms with Crippen LogP contribution in [0.25, 0.3) is 16.6 Å². The number of sulfonamides is 1. The van der Waals surface area contributed by atoms with Gasteiger partial charge in [-0.05, 0) is 82.5 Å². The third-order valence-corrected chi connectivity index (χ3v) is 8.92. The number of hydrogen-bond acceptors (Lipinski definition) is 5. The molecule has 2 aromatic carbocycles. The number of nitrogens with zero attached hydrogens (tertiary/aromatic N) is 3. The van der Waals surface area contributed by atoms with Gasteiger partial charge in [-0.15, -0.1) is 0 Å². The van der Waals surface area contributed by atoms with Gasteiger partial charge in [0, 0.05) is 55.6 Å². The highest BCUT2D eigenvalue weighted by Crippen LogP contribution is 2.25. The Balaban J connectivity index is 1.41. The lowest BCUT2D eigenvalue weighted by molar-refractivity contribution is 0.0141. The topological polar surface area (TPSA) is 101 Å². The molecule has 216 valence electrons. The zero-order valence-corrected chi connectivity index (χ0v) is 25.0. The van der Waals surface area contributed by atoms with Crippen molar-refractivity contribution in [3.05, 3.63) is 65.9 Å². The van der Waals surface area contributed by atoms with Gasteiger partial charge in [0.05, 0.1) is 10.8 Å². The summed E-state index contributed by atoms with van der Waals surface area (Å²) in [5, 5.41) is 0.494. The average Bonchev–Trinajstić information content (AvgIpc) is 3.34. The van der Waals surface area contributed by atoms with Gasteiger partial charge in [-0.1, -0.05) is 19.1 Å². The minimum Gasteiger partial charge on any atom is -0.444 e. The molecule has 40 heavy (non-hydrogen) atoms. The molecule has 0 radical (unpaired) electrons. The maximum Gasteiger partial charge on any atom is 0.410 e. The van der Waals surface area contributed by atoms with Crippen molar-refractivity contribution in [2.24, 2.45) is 0 Å². The molecule has 1 atom stereocenters. The van der Waals surface area contributed by atoms with E-state index in [1.807, 2.05) is 82.4 Å². The zero-order valence-electron chi connectivity index (χ0n) is 24.2. The van der Waals surface area contributed by atoms with Crippen molar-refractivity contribution in [3.8, 4) is 5.69 Å². The SMILES string of the molecule is CC(CNS(=O)(=O)C(C)C)c1ccc(-n2ccc3cc(C(=O)N4CCN(C(=O)OC(C)(C)C)CC4)ccc32)cc1. The molecule has 10 heteroatoms. The Labute approximate surface area is 237 Å². The van der Waals surface area contributed by atoms with Gasteiger partial charge in [-0.25, -0.2) is 17.9 Å². The number of aromatic nitrogens is 1. The molecule has 1 fully saturated rings. The van der Waals surface area contributed by atoms with Gasteiger partial charge >= 0.3 is 6.09 Å². The smallest absolute Gasteiger partial charge is 0.410 e. The number of nitrogens with one attached hydrogen (secondary N) is 1. The molecule has 1 aromatic heterocycles. The molecule has 0 aliphatic carbocycles. The van der Waals surface area contributed by atoms with Crippen LogP contribution in [-0.4, -0.2) is 78.4 Å².